The van der Waals surface area contributed by atoms with E-state index in [0.717, 1.165) is 11.3 Å². The smallest absolute Gasteiger partial charge is 0.271 e. The minimum atomic E-state index is -0.247. The van der Waals surface area contributed by atoms with Crippen molar-refractivity contribution in [2.24, 2.45) is 5.10 Å². The predicted molar refractivity (Wildman–Crippen MR) is 74.5 cm³/mol. The molecule has 0 atom stereocenters. The van der Waals surface area contributed by atoms with Crippen LogP contribution in [0.25, 0.3) is 0 Å². The Balaban J connectivity index is 2.02. The zero-order chi connectivity index (χ0) is 13.7. The Morgan fingerprint density at radius 2 is 2.21 bits per heavy atom. The molecule has 0 bridgehead atoms. The Bertz CT molecular complexity index is 574. The van der Waals surface area contributed by atoms with Crippen molar-refractivity contribution in [2.45, 2.75) is 0 Å². The molecule has 2 aromatic rings. The second-order valence-electron chi connectivity index (χ2n) is 4.20. The van der Waals surface area contributed by atoms with E-state index in [-0.39, 0.29) is 5.91 Å². The lowest BCUT2D eigenvalue weighted by Crippen LogP contribution is -2.18. The molecule has 0 unspecified atom stereocenters. The topological polar surface area (TPSA) is 57.8 Å². The second-order valence-corrected chi connectivity index (χ2v) is 4.20. The van der Waals surface area contributed by atoms with Crippen molar-refractivity contribution in [3.05, 3.63) is 54.0 Å². The summed E-state index contributed by atoms with van der Waals surface area (Å²) in [5.74, 6) is -0.247. The van der Waals surface area contributed by atoms with Crippen LogP contribution in [0, 0.1) is 0 Å². The molecule has 1 aromatic carbocycles. The third-order valence-corrected chi connectivity index (χ3v) is 2.55. The third kappa shape index (κ3) is 3.45. The fourth-order valence-corrected chi connectivity index (χ4v) is 1.50. The van der Waals surface area contributed by atoms with Crippen molar-refractivity contribution in [1.82, 2.24) is 5.43 Å². The molecule has 1 amide bonds. The lowest BCUT2D eigenvalue weighted by atomic mass is 10.2. The molecule has 0 aliphatic heterocycles. The molecule has 2 rings (SSSR count). The van der Waals surface area contributed by atoms with Crippen LogP contribution in [0.1, 0.15) is 15.9 Å². The number of hydrogen-bond donors (Lipinski definition) is 1. The normalized spacial score (nSPS) is 10.6. The Kier molecular flexibility index (Phi) is 3.97. The molecule has 0 aliphatic rings. The van der Waals surface area contributed by atoms with Gasteiger partial charge in [-0.05, 0) is 24.3 Å². The van der Waals surface area contributed by atoms with Gasteiger partial charge in [-0.25, -0.2) is 5.43 Å². The van der Waals surface area contributed by atoms with Gasteiger partial charge in [0.1, 0.15) is 0 Å². The summed E-state index contributed by atoms with van der Waals surface area (Å²) < 4.78 is 4.89. The number of rotatable bonds is 4. The van der Waals surface area contributed by atoms with Crippen molar-refractivity contribution in [3.63, 3.8) is 0 Å². The molecular formula is C14H15N3O2. The number of amides is 1. The van der Waals surface area contributed by atoms with Gasteiger partial charge in [0.25, 0.3) is 5.91 Å². The number of benzene rings is 1. The Labute approximate surface area is 111 Å². The summed E-state index contributed by atoms with van der Waals surface area (Å²) in [5, 5.41) is 3.87. The van der Waals surface area contributed by atoms with Crippen molar-refractivity contribution < 1.29 is 9.21 Å². The maximum atomic E-state index is 11.9. The van der Waals surface area contributed by atoms with Crippen LogP contribution < -0.4 is 10.3 Å². The minimum Gasteiger partial charge on any atom is -0.472 e. The molecule has 0 radical (unpaired) electrons. The van der Waals surface area contributed by atoms with Gasteiger partial charge in [-0.2, -0.15) is 5.10 Å². The van der Waals surface area contributed by atoms with Gasteiger partial charge < -0.3 is 9.32 Å². The first-order valence-electron chi connectivity index (χ1n) is 5.80. The van der Waals surface area contributed by atoms with Gasteiger partial charge in [-0.1, -0.05) is 6.07 Å². The lowest BCUT2D eigenvalue weighted by Gasteiger charge is -2.12. The number of anilines is 1. The van der Waals surface area contributed by atoms with Gasteiger partial charge in [0.2, 0.25) is 0 Å². The van der Waals surface area contributed by atoms with Crippen molar-refractivity contribution in [2.75, 3.05) is 19.0 Å². The molecule has 1 heterocycles. The van der Waals surface area contributed by atoms with Crippen LogP contribution in [0.2, 0.25) is 0 Å². The molecule has 5 nitrogen and oxygen atoms in total. The molecule has 1 N–H and O–H groups in total. The van der Waals surface area contributed by atoms with Crippen LogP contribution in [0.4, 0.5) is 5.69 Å². The van der Waals surface area contributed by atoms with Crippen LogP contribution in [0.15, 0.2) is 52.4 Å². The van der Waals surface area contributed by atoms with Crippen LogP contribution in [-0.2, 0) is 0 Å². The molecule has 19 heavy (non-hydrogen) atoms. The zero-order valence-corrected chi connectivity index (χ0v) is 10.8. The summed E-state index contributed by atoms with van der Waals surface area (Å²) in [6.45, 7) is 0. The van der Waals surface area contributed by atoms with Gasteiger partial charge >= 0.3 is 0 Å². The number of nitrogens with zero attached hydrogens (tertiary/aromatic N) is 2. The van der Waals surface area contributed by atoms with E-state index in [9.17, 15) is 4.79 Å². The van der Waals surface area contributed by atoms with E-state index in [4.69, 9.17) is 4.42 Å². The van der Waals surface area contributed by atoms with E-state index in [0.29, 0.717) is 5.56 Å². The van der Waals surface area contributed by atoms with Crippen LogP contribution in [0.3, 0.4) is 0 Å². The van der Waals surface area contributed by atoms with E-state index in [1.165, 1.54) is 6.21 Å². The molecule has 0 spiro atoms. The Morgan fingerprint density at radius 3 is 2.89 bits per heavy atom. The van der Waals surface area contributed by atoms with Gasteiger partial charge in [-0.15, -0.1) is 0 Å². The quantitative estimate of drug-likeness (QED) is 0.674. The standard InChI is InChI=1S/C14H15N3O2/c1-17(2)13-5-3-4-12(8-13)14(18)16-15-9-11-6-7-19-10-11/h3-10H,1-2H3,(H,16,18). The average molecular weight is 257 g/mol. The Hall–Kier alpha value is -2.56. The first-order chi connectivity index (χ1) is 9.16. The van der Waals surface area contributed by atoms with E-state index in [2.05, 4.69) is 10.5 Å². The lowest BCUT2D eigenvalue weighted by molar-refractivity contribution is 0.0955. The first kappa shape index (κ1) is 12.9. The van der Waals surface area contributed by atoms with Gasteiger partial charge in [0.05, 0.1) is 18.7 Å². The molecule has 98 valence electrons. The number of carbonyl (C=O) groups excluding carboxylic acids is 1. The van der Waals surface area contributed by atoms with Crippen molar-refractivity contribution in [1.29, 1.82) is 0 Å². The molecule has 0 aliphatic carbocycles. The maximum Gasteiger partial charge on any atom is 0.271 e. The highest BCUT2D eigenvalue weighted by Crippen LogP contribution is 2.13. The summed E-state index contributed by atoms with van der Waals surface area (Å²) in [5.41, 5.74) is 4.80. The average Bonchev–Trinajstić information content (AvgIpc) is 2.92. The molecule has 5 heteroatoms. The third-order valence-electron chi connectivity index (χ3n) is 2.55. The molecule has 1 aromatic heterocycles. The predicted octanol–water partition coefficient (Wildman–Crippen LogP) is 2.11. The SMILES string of the molecule is CN(C)c1cccc(C(=O)NN=Cc2ccoc2)c1. The number of hydrazone groups is 1. The maximum absolute atomic E-state index is 11.9. The highest BCUT2D eigenvalue weighted by Gasteiger charge is 2.05. The van der Waals surface area contributed by atoms with Gasteiger partial charge in [0, 0.05) is 30.9 Å². The van der Waals surface area contributed by atoms with Crippen molar-refractivity contribution in [3.8, 4) is 0 Å². The monoisotopic (exact) mass is 257 g/mol. The van der Waals surface area contributed by atoms with E-state index < -0.39 is 0 Å². The largest absolute Gasteiger partial charge is 0.472 e. The fourth-order valence-electron chi connectivity index (χ4n) is 1.50. The summed E-state index contributed by atoms with van der Waals surface area (Å²) in [4.78, 5) is 13.8. The molecule has 0 saturated heterocycles. The van der Waals surface area contributed by atoms with Crippen LogP contribution in [-0.4, -0.2) is 26.2 Å². The number of furan rings is 1. The fraction of sp³-hybridized carbons (Fsp3) is 0.143. The number of nitrogens with one attached hydrogen (secondary N) is 1. The summed E-state index contributed by atoms with van der Waals surface area (Å²) in [6.07, 6.45) is 4.61. The van der Waals surface area contributed by atoms with Gasteiger partial charge in [0.15, 0.2) is 0 Å². The Morgan fingerprint density at radius 1 is 1.37 bits per heavy atom. The summed E-state index contributed by atoms with van der Waals surface area (Å²) >= 11 is 0. The highest BCUT2D eigenvalue weighted by atomic mass is 16.3. The van der Waals surface area contributed by atoms with Crippen LogP contribution in [0.5, 0.6) is 0 Å². The summed E-state index contributed by atoms with van der Waals surface area (Å²) in [6, 6.07) is 9.08. The second kappa shape index (κ2) is 5.86. The molecular weight excluding hydrogens is 242 g/mol. The van der Waals surface area contributed by atoms with Crippen molar-refractivity contribution >= 4 is 17.8 Å². The van der Waals surface area contributed by atoms with E-state index >= 15 is 0 Å². The van der Waals surface area contributed by atoms with Gasteiger partial charge in [-0.3, -0.25) is 4.79 Å². The van der Waals surface area contributed by atoms with E-state index in [1.54, 1.807) is 24.7 Å². The molecule has 0 saturated carbocycles. The van der Waals surface area contributed by atoms with E-state index in [1.807, 2.05) is 37.2 Å². The minimum absolute atomic E-state index is 0.247. The summed E-state index contributed by atoms with van der Waals surface area (Å²) in [7, 11) is 3.85. The molecule has 0 fully saturated rings. The first-order valence-corrected chi connectivity index (χ1v) is 5.80. The highest BCUT2D eigenvalue weighted by molar-refractivity contribution is 5.95. The van der Waals surface area contributed by atoms with Crippen LogP contribution >= 0.6 is 0 Å². The number of carbonyl (C=O) groups is 1. The number of hydrogen-bond acceptors (Lipinski definition) is 4. The zero-order valence-electron chi connectivity index (χ0n) is 10.8.